The fraction of sp³-hybridized carbons (Fsp3) is 0.929. The fourth-order valence-corrected chi connectivity index (χ4v) is 2.67. The molecule has 1 unspecified atom stereocenters. The van der Waals surface area contributed by atoms with Gasteiger partial charge in [-0.3, -0.25) is 4.79 Å². The molecule has 21 heavy (non-hydrogen) atoms. The Balaban J connectivity index is 0.00000200. The first-order valence-corrected chi connectivity index (χ1v) is 7.55. The molecule has 7 heteroatoms. The first kappa shape index (κ1) is 20.9. The molecule has 2 fully saturated rings. The third-order valence-corrected chi connectivity index (χ3v) is 4.04. The van der Waals surface area contributed by atoms with E-state index in [1.165, 1.54) is 25.9 Å². The summed E-state index contributed by atoms with van der Waals surface area (Å²) in [7, 11) is 0. The SMILES string of the molecule is CC1CCN(CCNC(=O)CC2CNCCO2)CC1.Cl.Cl. The van der Waals surface area contributed by atoms with Crippen molar-refractivity contribution in [3.63, 3.8) is 0 Å². The highest BCUT2D eigenvalue weighted by atomic mass is 35.5. The van der Waals surface area contributed by atoms with E-state index in [2.05, 4.69) is 22.5 Å². The van der Waals surface area contributed by atoms with Gasteiger partial charge in [-0.15, -0.1) is 24.8 Å². The molecule has 2 saturated heterocycles. The predicted octanol–water partition coefficient (Wildman–Crippen LogP) is 1.06. The molecule has 0 aromatic carbocycles. The Morgan fingerprint density at radius 1 is 1.33 bits per heavy atom. The van der Waals surface area contributed by atoms with Crippen LogP contribution in [-0.2, 0) is 9.53 Å². The molecule has 2 aliphatic heterocycles. The van der Waals surface area contributed by atoms with E-state index in [9.17, 15) is 4.79 Å². The Bertz CT molecular complexity index is 281. The van der Waals surface area contributed by atoms with Gasteiger partial charge in [-0.2, -0.15) is 0 Å². The van der Waals surface area contributed by atoms with Crippen LogP contribution in [0.15, 0.2) is 0 Å². The summed E-state index contributed by atoms with van der Waals surface area (Å²) in [6.07, 6.45) is 3.10. The summed E-state index contributed by atoms with van der Waals surface area (Å²) in [6.45, 7) is 8.79. The largest absolute Gasteiger partial charge is 0.375 e. The van der Waals surface area contributed by atoms with Crippen LogP contribution >= 0.6 is 24.8 Å². The first-order valence-electron chi connectivity index (χ1n) is 7.55. The highest BCUT2D eigenvalue weighted by Gasteiger charge is 2.18. The van der Waals surface area contributed by atoms with Crippen LogP contribution in [0.5, 0.6) is 0 Å². The number of halogens is 2. The number of ether oxygens (including phenoxy) is 1. The number of amides is 1. The maximum Gasteiger partial charge on any atom is 0.222 e. The molecule has 0 radical (unpaired) electrons. The van der Waals surface area contributed by atoms with Crippen molar-refractivity contribution >= 4 is 30.7 Å². The van der Waals surface area contributed by atoms with Gasteiger partial charge in [-0.1, -0.05) is 6.92 Å². The van der Waals surface area contributed by atoms with Crippen LogP contribution in [0.1, 0.15) is 26.2 Å². The van der Waals surface area contributed by atoms with Crippen molar-refractivity contribution in [1.82, 2.24) is 15.5 Å². The molecule has 1 atom stereocenters. The van der Waals surface area contributed by atoms with Gasteiger partial charge in [0.05, 0.1) is 19.1 Å². The lowest BCUT2D eigenvalue weighted by Crippen LogP contribution is -2.43. The summed E-state index contributed by atoms with van der Waals surface area (Å²) in [5, 5.41) is 6.24. The van der Waals surface area contributed by atoms with Crippen molar-refractivity contribution in [1.29, 1.82) is 0 Å². The average molecular weight is 342 g/mol. The van der Waals surface area contributed by atoms with Crippen LogP contribution in [0.4, 0.5) is 0 Å². The molecule has 2 rings (SSSR count). The van der Waals surface area contributed by atoms with Crippen molar-refractivity contribution in [2.24, 2.45) is 5.92 Å². The topological polar surface area (TPSA) is 53.6 Å². The highest BCUT2D eigenvalue weighted by molar-refractivity contribution is 5.85. The summed E-state index contributed by atoms with van der Waals surface area (Å²) in [6, 6.07) is 0. The van der Waals surface area contributed by atoms with Gasteiger partial charge in [-0.05, 0) is 31.8 Å². The predicted molar refractivity (Wildman–Crippen MR) is 89.6 cm³/mol. The van der Waals surface area contributed by atoms with Gasteiger partial charge in [0.1, 0.15) is 0 Å². The third-order valence-electron chi connectivity index (χ3n) is 4.04. The second-order valence-electron chi connectivity index (χ2n) is 5.78. The molecule has 2 N–H and O–H groups in total. The molecule has 0 spiro atoms. The fourth-order valence-electron chi connectivity index (χ4n) is 2.67. The molecule has 2 heterocycles. The molecule has 0 saturated carbocycles. The van der Waals surface area contributed by atoms with Crippen LogP contribution in [0.3, 0.4) is 0 Å². The summed E-state index contributed by atoms with van der Waals surface area (Å²) in [5.74, 6) is 0.973. The van der Waals surface area contributed by atoms with Crippen LogP contribution in [0.25, 0.3) is 0 Å². The quantitative estimate of drug-likeness (QED) is 0.784. The molecule has 0 aromatic heterocycles. The number of carbonyl (C=O) groups is 1. The van der Waals surface area contributed by atoms with E-state index in [1.807, 2.05) is 0 Å². The zero-order valence-electron chi connectivity index (χ0n) is 12.8. The average Bonchev–Trinajstić information content (AvgIpc) is 2.42. The number of nitrogens with zero attached hydrogens (tertiary/aromatic N) is 1. The number of nitrogens with one attached hydrogen (secondary N) is 2. The van der Waals surface area contributed by atoms with Gasteiger partial charge in [0.15, 0.2) is 0 Å². The van der Waals surface area contributed by atoms with Gasteiger partial charge >= 0.3 is 0 Å². The first-order chi connectivity index (χ1) is 9.24. The van der Waals surface area contributed by atoms with E-state index in [4.69, 9.17) is 4.74 Å². The van der Waals surface area contributed by atoms with Crippen molar-refractivity contribution in [3.8, 4) is 0 Å². The zero-order valence-corrected chi connectivity index (χ0v) is 14.4. The van der Waals surface area contributed by atoms with E-state index in [0.717, 1.165) is 32.1 Å². The van der Waals surface area contributed by atoms with E-state index in [1.54, 1.807) is 0 Å². The maximum absolute atomic E-state index is 11.8. The molecular weight excluding hydrogens is 313 g/mol. The van der Waals surface area contributed by atoms with Crippen LogP contribution in [-0.4, -0.2) is 62.8 Å². The number of morpholine rings is 1. The van der Waals surface area contributed by atoms with E-state index in [0.29, 0.717) is 13.0 Å². The zero-order chi connectivity index (χ0) is 13.5. The summed E-state index contributed by atoms with van der Waals surface area (Å²) >= 11 is 0. The molecule has 1 amide bonds. The Hall–Kier alpha value is -0.0700. The number of hydrogen-bond acceptors (Lipinski definition) is 4. The number of piperidine rings is 1. The highest BCUT2D eigenvalue weighted by Crippen LogP contribution is 2.15. The van der Waals surface area contributed by atoms with Crippen molar-refractivity contribution in [2.45, 2.75) is 32.3 Å². The van der Waals surface area contributed by atoms with Crippen LogP contribution in [0, 0.1) is 5.92 Å². The van der Waals surface area contributed by atoms with Gasteiger partial charge in [0, 0.05) is 26.2 Å². The molecule has 0 bridgehead atoms. The van der Waals surface area contributed by atoms with Crippen LogP contribution in [0.2, 0.25) is 0 Å². The van der Waals surface area contributed by atoms with Crippen LogP contribution < -0.4 is 10.6 Å². The molecule has 0 aromatic rings. The molecule has 2 aliphatic rings. The Labute approximate surface area is 140 Å². The molecular formula is C14H29Cl2N3O2. The monoisotopic (exact) mass is 341 g/mol. The normalized spacial score (nSPS) is 23.8. The maximum atomic E-state index is 11.8. The van der Waals surface area contributed by atoms with Crippen molar-refractivity contribution < 1.29 is 9.53 Å². The summed E-state index contributed by atoms with van der Waals surface area (Å²) in [4.78, 5) is 14.2. The van der Waals surface area contributed by atoms with E-state index >= 15 is 0 Å². The minimum absolute atomic E-state index is 0. The van der Waals surface area contributed by atoms with Gasteiger partial charge in [0.25, 0.3) is 0 Å². The van der Waals surface area contributed by atoms with Crippen molar-refractivity contribution in [3.05, 3.63) is 0 Å². The Kier molecular flexibility index (Phi) is 11.5. The number of rotatable bonds is 5. The summed E-state index contributed by atoms with van der Waals surface area (Å²) < 4.78 is 5.52. The number of carbonyl (C=O) groups excluding carboxylic acids is 1. The van der Waals surface area contributed by atoms with Gasteiger partial charge < -0.3 is 20.3 Å². The van der Waals surface area contributed by atoms with Crippen molar-refractivity contribution in [2.75, 3.05) is 45.9 Å². The van der Waals surface area contributed by atoms with Gasteiger partial charge in [-0.25, -0.2) is 0 Å². The Morgan fingerprint density at radius 3 is 2.67 bits per heavy atom. The number of likely N-dealkylation sites (tertiary alicyclic amines) is 1. The third kappa shape index (κ3) is 8.21. The minimum Gasteiger partial charge on any atom is -0.375 e. The number of hydrogen-bond donors (Lipinski definition) is 2. The smallest absolute Gasteiger partial charge is 0.222 e. The summed E-state index contributed by atoms with van der Waals surface area (Å²) in [5.41, 5.74) is 0. The van der Waals surface area contributed by atoms with E-state index in [-0.39, 0.29) is 36.8 Å². The van der Waals surface area contributed by atoms with Gasteiger partial charge in [0.2, 0.25) is 5.91 Å². The molecule has 0 aliphatic carbocycles. The minimum atomic E-state index is 0. The second kappa shape index (κ2) is 11.5. The lowest BCUT2D eigenvalue weighted by molar-refractivity contribution is -0.124. The lowest BCUT2D eigenvalue weighted by atomic mass is 9.99. The molecule has 126 valence electrons. The lowest BCUT2D eigenvalue weighted by Gasteiger charge is -2.30. The standard InChI is InChI=1S/C14H27N3O2.2ClH/c1-12-2-6-17(7-3-12)8-4-16-14(18)10-13-11-15-5-9-19-13;;/h12-13,15H,2-11H2,1H3,(H,16,18);2*1H. The Morgan fingerprint density at radius 2 is 2.05 bits per heavy atom. The second-order valence-corrected chi connectivity index (χ2v) is 5.78. The molecule has 5 nitrogen and oxygen atoms in total. The van der Waals surface area contributed by atoms with E-state index < -0.39 is 0 Å².